The van der Waals surface area contributed by atoms with Crippen molar-refractivity contribution in [2.24, 2.45) is 22.2 Å². The third-order valence-electron chi connectivity index (χ3n) is 10.1. The van der Waals surface area contributed by atoms with Crippen LogP contribution in [0.1, 0.15) is 117 Å². The lowest BCUT2D eigenvalue weighted by molar-refractivity contribution is -0.150. The van der Waals surface area contributed by atoms with Crippen LogP contribution in [0, 0.1) is 22.2 Å². The average molecular weight is 569 g/mol. The first-order valence-electron chi connectivity index (χ1n) is 17.1. The Morgan fingerprint density at radius 1 is 0.450 bits per heavy atom. The molecule has 0 aliphatic carbocycles. The van der Waals surface area contributed by atoms with Crippen LogP contribution < -0.4 is 0 Å². The highest BCUT2D eigenvalue weighted by molar-refractivity contribution is 4.85. The Bertz CT molecular complexity index is 526. The van der Waals surface area contributed by atoms with Crippen molar-refractivity contribution in [3.05, 3.63) is 0 Å². The summed E-state index contributed by atoms with van der Waals surface area (Å²) in [6.07, 6.45) is 19.1. The molecule has 40 heavy (non-hydrogen) atoms. The van der Waals surface area contributed by atoms with E-state index in [4.69, 9.17) is 28.4 Å². The van der Waals surface area contributed by atoms with Gasteiger partial charge in [0.05, 0.1) is 59.5 Å². The molecule has 6 heteroatoms. The molecular weight excluding hydrogens is 504 g/mol. The van der Waals surface area contributed by atoms with E-state index in [1.165, 1.54) is 77.0 Å². The van der Waals surface area contributed by atoms with Gasteiger partial charge in [0.2, 0.25) is 0 Å². The quantitative estimate of drug-likeness (QED) is 0.0951. The minimum Gasteiger partial charge on any atom is -0.381 e. The highest BCUT2D eigenvalue weighted by atomic mass is 16.5. The summed E-state index contributed by atoms with van der Waals surface area (Å²) in [6, 6.07) is 0. The third kappa shape index (κ3) is 11.8. The first kappa shape index (κ1) is 34.3. The standard InChI is InChI=1S/C34H64O6/c1-4-32(25-38-26-32)22-35-19-13-7-10-16-31(17-11-8-14-20-36-23-33(5-2)27-39-28-33)18-12-9-15-21-37-24-34(6-3)29-40-30-34/h31H,4-30H2,1-3H3. The molecule has 0 saturated carbocycles. The first-order chi connectivity index (χ1) is 19.6. The van der Waals surface area contributed by atoms with Crippen LogP contribution in [-0.2, 0) is 28.4 Å². The van der Waals surface area contributed by atoms with Crippen LogP contribution in [0.4, 0.5) is 0 Å². The van der Waals surface area contributed by atoms with Gasteiger partial charge in [0.1, 0.15) is 0 Å². The predicted molar refractivity (Wildman–Crippen MR) is 162 cm³/mol. The highest BCUT2D eigenvalue weighted by Gasteiger charge is 2.38. The van der Waals surface area contributed by atoms with E-state index in [0.717, 1.165) is 104 Å². The van der Waals surface area contributed by atoms with Crippen molar-refractivity contribution in [1.82, 2.24) is 0 Å². The van der Waals surface area contributed by atoms with Gasteiger partial charge in [0.25, 0.3) is 0 Å². The highest BCUT2D eigenvalue weighted by Crippen LogP contribution is 2.33. The Labute approximate surface area is 246 Å². The van der Waals surface area contributed by atoms with Gasteiger partial charge in [0, 0.05) is 36.1 Å². The summed E-state index contributed by atoms with van der Waals surface area (Å²) in [5, 5.41) is 0. The fourth-order valence-corrected chi connectivity index (χ4v) is 6.08. The molecule has 3 fully saturated rings. The van der Waals surface area contributed by atoms with Gasteiger partial charge >= 0.3 is 0 Å². The maximum Gasteiger partial charge on any atom is 0.0566 e. The van der Waals surface area contributed by atoms with Crippen molar-refractivity contribution in [2.45, 2.75) is 117 Å². The lowest BCUT2D eigenvalue weighted by atomic mass is 9.84. The fourth-order valence-electron chi connectivity index (χ4n) is 6.08. The molecule has 0 amide bonds. The lowest BCUT2D eigenvalue weighted by Crippen LogP contribution is -2.45. The molecule has 0 aromatic carbocycles. The number of hydrogen-bond acceptors (Lipinski definition) is 6. The summed E-state index contributed by atoms with van der Waals surface area (Å²) in [5.41, 5.74) is 0.938. The molecule has 3 heterocycles. The molecule has 6 nitrogen and oxygen atoms in total. The molecule has 236 valence electrons. The first-order valence-corrected chi connectivity index (χ1v) is 17.1. The zero-order valence-electron chi connectivity index (χ0n) is 26.6. The largest absolute Gasteiger partial charge is 0.381 e. The van der Waals surface area contributed by atoms with Crippen LogP contribution in [-0.4, -0.2) is 79.3 Å². The summed E-state index contributed by atoms with van der Waals surface area (Å²) >= 11 is 0. The zero-order valence-corrected chi connectivity index (χ0v) is 26.6. The van der Waals surface area contributed by atoms with Gasteiger partial charge in [-0.3, -0.25) is 0 Å². The van der Waals surface area contributed by atoms with E-state index >= 15 is 0 Å². The summed E-state index contributed by atoms with van der Waals surface area (Å²) in [6.45, 7) is 17.4. The molecule has 0 radical (unpaired) electrons. The molecule has 0 unspecified atom stereocenters. The fraction of sp³-hybridized carbons (Fsp3) is 1.00. The van der Waals surface area contributed by atoms with Crippen LogP contribution in [0.5, 0.6) is 0 Å². The van der Waals surface area contributed by atoms with Gasteiger partial charge in [0.15, 0.2) is 0 Å². The number of hydrogen-bond donors (Lipinski definition) is 0. The van der Waals surface area contributed by atoms with Gasteiger partial charge in [-0.15, -0.1) is 0 Å². The number of unbranched alkanes of at least 4 members (excludes halogenated alkanes) is 6. The molecule has 0 aromatic heterocycles. The van der Waals surface area contributed by atoms with Crippen molar-refractivity contribution < 1.29 is 28.4 Å². The normalized spacial score (nSPS) is 20.7. The van der Waals surface area contributed by atoms with Gasteiger partial charge in [-0.05, 0) is 44.4 Å². The number of ether oxygens (including phenoxy) is 6. The Morgan fingerprint density at radius 2 is 0.750 bits per heavy atom. The molecule has 3 rings (SSSR count). The summed E-state index contributed by atoms with van der Waals surface area (Å²) < 4.78 is 34.3. The zero-order chi connectivity index (χ0) is 28.4. The Kier molecular flexibility index (Phi) is 16.4. The third-order valence-corrected chi connectivity index (χ3v) is 10.1. The SMILES string of the molecule is CCC1(COCCCCCC(CCCCCOCC2(CC)COC2)CCCCCOCC2(CC)COC2)COC1. The van der Waals surface area contributed by atoms with Gasteiger partial charge in [-0.2, -0.15) is 0 Å². The Balaban J connectivity index is 1.22. The van der Waals surface area contributed by atoms with E-state index in [0.29, 0.717) is 16.2 Å². The Morgan fingerprint density at radius 3 is 0.975 bits per heavy atom. The monoisotopic (exact) mass is 568 g/mol. The molecule has 0 N–H and O–H groups in total. The van der Waals surface area contributed by atoms with Crippen LogP contribution >= 0.6 is 0 Å². The van der Waals surface area contributed by atoms with Crippen LogP contribution in [0.25, 0.3) is 0 Å². The van der Waals surface area contributed by atoms with Gasteiger partial charge < -0.3 is 28.4 Å². The van der Waals surface area contributed by atoms with Crippen LogP contribution in [0.2, 0.25) is 0 Å². The van der Waals surface area contributed by atoms with Crippen LogP contribution in [0.3, 0.4) is 0 Å². The molecule has 3 aliphatic rings. The maximum atomic E-state index is 6.02. The van der Waals surface area contributed by atoms with E-state index < -0.39 is 0 Å². The van der Waals surface area contributed by atoms with E-state index in [9.17, 15) is 0 Å². The second kappa shape index (κ2) is 19.1. The van der Waals surface area contributed by atoms with Gasteiger partial charge in [-0.25, -0.2) is 0 Å². The van der Waals surface area contributed by atoms with E-state index in [1.807, 2.05) is 0 Å². The molecular formula is C34H64O6. The van der Waals surface area contributed by atoms with E-state index in [-0.39, 0.29) is 0 Å². The summed E-state index contributed by atoms with van der Waals surface area (Å²) in [5.74, 6) is 0.865. The minimum atomic E-state index is 0.313. The summed E-state index contributed by atoms with van der Waals surface area (Å²) in [7, 11) is 0. The molecule has 0 atom stereocenters. The minimum absolute atomic E-state index is 0.313. The van der Waals surface area contributed by atoms with Crippen LogP contribution in [0.15, 0.2) is 0 Å². The smallest absolute Gasteiger partial charge is 0.0566 e. The molecule has 0 spiro atoms. The van der Waals surface area contributed by atoms with Crippen molar-refractivity contribution in [3.63, 3.8) is 0 Å². The lowest BCUT2D eigenvalue weighted by Gasteiger charge is -2.40. The molecule has 0 aromatic rings. The van der Waals surface area contributed by atoms with E-state index in [2.05, 4.69) is 20.8 Å². The van der Waals surface area contributed by atoms with Gasteiger partial charge in [-0.1, -0.05) is 78.6 Å². The van der Waals surface area contributed by atoms with E-state index in [1.54, 1.807) is 0 Å². The molecule has 3 saturated heterocycles. The summed E-state index contributed by atoms with van der Waals surface area (Å²) in [4.78, 5) is 0. The topological polar surface area (TPSA) is 55.4 Å². The predicted octanol–water partition coefficient (Wildman–Crippen LogP) is 7.61. The number of rotatable bonds is 27. The van der Waals surface area contributed by atoms with Crippen molar-refractivity contribution in [1.29, 1.82) is 0 Å². The Hall–Kier alpha value is -0.240. The second-order valence-electron chi connectivity index (χ2n) is 13.6. The van der Waals surface area contributed by atoms with Crippen molar-refractivity contribution in [3.8, 4) is 0 Å². The second-order valence-corrected chi connectivity index (χ2v) is 13.6. The maximum absolute atomic E-state index is 6.02. The van der Waals surface area contributed by atoms with Crippen molar-refractivity contribution >= 4 is 0 Å². The molecule has 3 aliphatic heterocycles. The molecule has 0 bridgehead atoms. The average Bonchev–Trinajstić information content (AvgIpc) is 2.90. The van der Waals surface area contributed by atoms with Crippen molar-refractivity contribution in [2.75, 3.05) is 79.3 Å².